The Balaban J connectivity index is 1.60. The SMILES string of the molecule is CC1(c2nnc(-c3ccccc3Nc3ccc(C(F)(F)F)cc3)o2)CCO1. The first kappa shape index (κ1) is 17.5. The number of halogens is 3. The number of alkyl halides is 3. The minimum Gasteiger partial charge on any atom is -0.417 e. The van der Waals surface area contributed by atoms with Crippen LogP contribution in [0, 0.1) is 0 Å². The van der Waals surface area contributed by atoms with Gasteiger partial charge in [0.05, 0.1) is 23.4 Å². The minimum atomic E-state index is -4.36. The highest BCUT2D eigenvalue weighted by Gasteiger charge is 2.40. The molecule has 1 atom stereocenters. The van der Waals surface area contributed by atoms with Gasteiger partial charge in [-0.1, -0.05) is 12.1 Å². The molecule has 5 nitrogen and oxygen atoms in total. The number of aromatic nitrogens is 2. The second kappa shape index (κ2) is 6.38. The number of rotatable bonds is 4. The Morgan fingerprint density at radius 2 is 1.74 bits per heavy atom. The predicted octanol–water partition coefficient (Wildman–Crippen LogP) is 5.13. The van der Waals surface area contributed by atoms with Crippen LogP contribution in [0.2, 0.25) is 0 Å². The zero-order valence-corrected chi connectivity index (χ0v) is 14.4. The summed E-state index contributed by atoms with van der Waals surface area (Å²) in [6.45, 7) is 2.54. The molecule has 1 unspecified atom stereocenters. The van der Waals surface area contributed by atoms with E-state index in [0.717, 1.165) is 18.6 Å². The highest BCUT2D eigenvalue weighted by atomic mass is 19.4. The molecule has 0 amide bonds. The first-order valence-electron chi connectivity index (χ1n) is 8.37. The maximum atomic E-state index is 12.7. The van der Waals surface area contributed by atoms with E-state index in [9.17, 15) is 13.2 Å². The summed E-state index contributed by atoms with van der Waals surface area (Å²) in [5.41, 5.74) is 0.563. The van der Waals surface area contributed by atoms with Crippen LogP contribution in [0.15, 0.2) is 52.9 Å². The average Bonchev–Trinajstić information content (AvgIpc) is 3.10. The second-order valence-corrected chi connectivity index (χ2v) is 6.49. The van der Waals surface area contributed by atoms with Gasteiger partial charge in [-0.25, -0.2) is 0 Å². The number of nitrogens with zero attached hydrogens (tertiary/aromatic N) is 2. The van der Waals surface area contributed by atoms with Gasteiger partial charge in [0.1, 0.15) is 5.60 Å². The first-order valence-corrected chi connectivity index (χ1v) is 8.37. The normalized spacial score (nSPS) is 19.6. The molecule has 3 aromatic rings. The quantitative estimate of drug-likeness (QED) is 0.685. The Hall–Kier alpha value is -2.87. The van der Waals surface area contributed by atoms with Gasteiger partial charge >= 0.3 is 6.18 Å². The molecule has 1 saturated heterocycles. The van der Waals surface area contributed by atoms with Crippen LogP contribution in [0.3, 0.4) is 0 Å². The van der Waals surface area contributed by atoms with Crippen molar-refractivity contribution in [3.8, 4) is 11.5 Å². The van der Waals surface area contributed by atoms with Crippen LogP contribution in [-0.4, -0.2) is 16.8 Å². The second-order valence-electron chi connectivity index (χ2n) is 6.49. The number of anilines is 2. The summed E-state index contributed by atoms with van der Waals surface area (Å²) in [4.78, 5) is 0. The minimum absolute atomic E-state index is 0.316. The molecule has 0 aliphatic carbocycles. The van der Waals surface area contributed by atoms with Crippen LogP contribution in [0.5, 0.6) is 0 Å². The first-order chi connectivity index (χ1) is 12.9. The third-order valence-corrected chi connectivity index (χ3v) is 4.53. The molecule has 0 bridgehead atoms. The summed E-state index contributed by atoms with van der Waals surface area (Å²) in [5, 5.41) is 11.3. The Morgan fingerprint density at radius 3 is 2.37 bits per heavy atom. The van der Waals surface area contributed by atoms with Crippen molar-refractivity contribution in [2.75, 3.05) is 11.9 Å². The smallest absolute Gasteiger partial charge is 0.416 e. The fourth-order valence-corrected chi connectivity index (χ4v) is 2.80. The molecule has 1 fully saturated rings. The van der Waals surface area contributed by atoms with Crippen LogP contribution in [0.1, 0.15) is 24.8 Å². The number of ether oxygens (including phenoxy) is 1. The Labute approximate surface area is 153 Å². The highest BCUT2D eigenvalue weighted by molar-refractivity contribution is 5.76. The van der Waals surface area contributed by atoms with Gasteiger partial charge in [0, 0.05) is 12.1 Å². The lowest BCUT2D eigenvalue weighted by Gasteiger charge is -2.34. The molecule has 1 aliphatic rings. The molecule has 2 heterocycles. The Morgan fingerprint density at radius 1 is 1.04 bits per heavy atom. The Kier molecular flexibility index (Phi) is 4.15. The average molecular weight is 375 g/mol. The third-order valence-electron chi connectivity index (χ3n) is 4.53. The van der Waals surface area contributed by atoms with E-state index in [-0.39, 0.29) is 0 Å². The number of nitrogens with one attached hydrogen (secondary N) is 1. The summed E-state index contributed by atoms with van der Waals surface area (Å²) < 4.78 is 49.4. The zero-order valence-electron chi connectivity index (χ0n) is 14.4. The summed E-state index contributed by atoms with van der Waals surface area (Å²) in [6, 6.07) is 12.0. The van der Waals surface area contributed by atoms with Crippen LogP contribution in [0.25, 0.3) is 11.5 Å². The maximum Gasteiger partial charge on any atom is 0.416 e. The molecule has 0 spiro atoms. The van der Waals surface area contributed by atoms with Crippen LogP contribution < -0.4 is 5.32 Å². The van der Waals surface area contributed by atoms with Gasteiger partial charge in [-0.3, -0.25) is 0 Å². The molecule has 27 heavy (non-hydrogen) atoms. The predicted molar refractivity (Wildman–Crippen MR) is 92.4 cm³/mol. The number of hydrogen-bond acceptors (Lipinski definition) is 5. The molecule has 1 N–H and O–H groups in total. The maximum absolute atomic E-state index is 12.7. The van der Waals surface area contributed by atoms with Crippen molar-refractivity contribution in [1.29, 1.82) is 0 Å². The van der Waals surface area contributed by atoms with Gasteiger partial charge in [-0.05, 0) is 43.3 Å². The van der Waals surface area contributed by atoms with E-state index >= 15 is 0 Å². The van der Waals surface area contributed by atoms with Gasteiger partial charge in [-0.2, -0.15) is 13.2 Å². The van der Waals surface area contributed by atoms with Gasteiger partial charge in [0.2, 0.25) is 11.8 Å². The van der Waals surface area contributed by atoms with Crippen molar-refractivity contribution < 1.29 is 22.3 Å². The van der Waals surface area contributed by atoms with Crippen molar-refractivity contribution in [3.63, 3.8) is 0 Å². The van der Waals surface area contributed by atoms with E-state index in [4.69, 9.17) is 9.15 Å². The molecule has 8 heteroatoms. The van der Waals surface area contributed by atoms with Gasteiger partial charge in [0.15, 0.2) is 0 Å². The number of hydrogen-bond donors (Lipinski definition) is 1. The zero-order chi connectivity index (χ0) is 19.1. The van der Waals surface area contributed by atoms with Crippen LogP contribution >= 0.6 is 0 Å². The van der Waals surface area contributed by atoms with Crippen molar-refractivity contribution in [2.24, 2.45) is 0 Å². The lowest BCUT2D eigenvalue weighted by atomic mass is 9.98. The molecular formula is C19H16F3N3O2. The summed E-state index contributed by atoms with van der Waals surface area (Å²) in [7, 11) is 0. The monoisotopic (exact) mass is 375 g/mol. The highest BCUT2D eigenvalue weighted by Crippen LogP contribution is 2.38. The molecular weight excluding hydrogens is 359 g/mol. The molecule has 0 saturated carbocycles. The van der Waals surface area contributed by atoms with E-state index in [2.05, 4.69) is 15.5 Å². The molecule has 1 aliphatic heterocycles. The topological polar surface area (TPSA) is 60.2 Å². The van der Waals surface area contributed by atoms with Crippen LogP contribution in [0.4, 0.5) is 24.5 Å². The van der Waals surface area contributed by atoms with E-state index in [1.807, 2.05) is 19.1 Å². The third kappa shape index (κ3) is 3.40. The van der Waals surface area contributed by atoms with Gasteiger partial charge < -0.3 is 14.5 Å². The standard InChI is InChI=1S/C19H16F3N3O2/c1-18(10-11-26-18)17-25-24-16(27-17)14-4-2-3-5-15(14)23-13-8-6-12(7-9-13)19(20,21)22/h2-9,23H,10-11H2,1H3. The molecule has 4 rings (SSSR count). The van der Waals surface area contributed by atoms with Crippen molar-refractivity contribution in [1.82, 2.24) is 10.2 Å². The molecule has 1 aromatic heterocycles. The van der Waals surface area contributed by atoms with Crippen molar-refractivity contribution in [2.45, 2.75) is 25.1 Å². The van der Waals surface area contributed by atoms with Crippen molar-refractivity contribution in [3.05, 3.63) is 60.0 Å². The van der Waals surface area contributed by atoms with Gasteiger partial charge in [0.25, 0.3) is 0 Å². The summed E-state index contributed by atoms with van der Waals surface area (Å²) >= 11 is 0. The van der Waals surface area contributed by atoms with Gasteiger partial charge in [-0.15, -0.1) is 10.2 Å². The van der Waals surface area contributed by atoms with E-state index in [1.54, 1.807) is 12.1 Å². The van der Waals surface area contributed by atoms with Crippen molar-refractivity contribution >= 4 is 11.4 Å². The lowest BCUT2D eigenvalue weighted by Crippen LogP contribution is -2.37. The Bertz CT molecular complexity index is 947. The largest absolute Gasteiger partial charge is 0.417 e. The van der Waals surface area contributed by atoms with Crippen LogP contribution in [-0.2, 0) is 16.5 Å². The fraction of sp³-hybridized carbons (Fsp3) is 0.263. The number of benzene rings is 2. The van der Waals surface area contributed by atoms with E-state index < -0.39 is 17.3 Å². The molecule has 2 aromatic carbocycles. The summed E-state index contributed by atoms with van der Waals surface area (Å²) in [5.74, 6) is 0.727. The fourth-order valence-electron chi connectivity index (χ4n) is 2.80. The molecule has 0 radical (unpaired) electrons. The van der Waals surface area contributed by atoms with E-state index in [0.29, 0.717) is 35.3 Å². The summed E-state index contributed by atoms with van der Waals surface area (Å²) in [6.07, 6.45) is -3.56. The van der Waals surface area contributed by atoms with E-state index in [1.165, 1.54) is 12.1 Å². The lowest BCUT2D eigenvalue weighted by molar-refractivity contribution is -0.155. The molecule has 140 valence electrons. The number of para-hydroxylation sites is 1.